The molecule has 0 fully saturated rings. The highest BCUT2D eigenvalue weighted by molar-refractivity contribution is 5.57. The van der Waals surface area contributed by atoms with Crippen molar-refractivity contribution < 1.29 is 22.4 Å². The summed E-state index contributed by atoms with van der Waals surface area (Å²) in [5.74, 6) is 0.132. The molecule has 2 aromatic heterocycles. The molecule has 0 atom stereocenters. The monoisotopic (exact) mass is 274 g/mol. The van der Waals surface area contributed by atoms with E-state index in [0.29, 0.717) is 11.3 Å². The number of anilines is 1. The Labute approximate surface area is 105 Å². The van der Waals surface area contributed by atoms with Crippen LogP contribution in [0.4, 0.5) is 18.9 Å². The lowest BCUT2D eigenvalue weighted by atomic mass is 10.2. The lowest BCUT2D eigenvalue weighted by Gasteiger charge is -2.04. The molecule has 19 heavy (non-hydrogen) atoms. The smallest absolute Gasteiger partial charge is 0.397 e. The zero-order chi connectivity index (χ0) is 13.9. The van der Waals surface area contributed by atoms with E-state index in [4.69, 9.17) is 10.3 Å². The van der Waals surface area contributed by atoms with Crippen molar-refractivity contribution >= 4 is 5.69 Å². The Morgan fingerprint density at radius 3 is 2.79 bits per heavy atom. The Hall–Kier alpha value is -2.16. The van der Waals surface area contributed by atoms with Gasteiger partial charge in [0.15, 0.2) is 5.82 Å². The van der Waals surface area contributed by atoms with Crippen LogP contribution < -0.4 is 5.73 Å². The second-order valence-electron chi connectivity index (χ2n) is 3.63. The first-order valence-electron chi connectivity index (χ1n) is 5.12. The van der Waals surface area contributed by atoms with Crippen LogP contribution in [0, 0.1) is 0 Å². The van der Waals surface area contributed by atoms with Crippen LogP contribution in [0.5, 0.6) is 0 Å². The molecule has 0 bridgehead atoms. The Balaban J connectivity index is 1.99. The number of nitrogens with two attached hydrogens (primary N) is 1. The van der Waals surface area contributed by atoms with Crippen LogP contribution in [0.2, 0.25) is 0 Å². The second kappa shape index (κ2) is 5.22. The lowest BCUT2D eigenvalue weighted by Crippen LogP contribution is -2.16. The molecule has 6 nitrogen and oxygen atoms in total. The van der Waals surface area contributed by atoms with E-state index in [0.717, 1.165) is 0 Å². The molecule has 0 unspecified atom stereocenters. The molecule has 0 aliphatic rings. The molecule has 0 amide bonds. The van der Waals surface area contributed by atoms with Gasteiger partial charge in [-0.15, -0.1) is 0 Å². The first kappa shape index (κ1) is 13.3. The fourth-order valence-electron chi connectivity index (χ4n) is 1.26. The summed E-state index contributed by atoms with van der Waals surface area (Å²) in [7, 11) is 0. The van der Waals surface area contributed by atoms with Crippen molar-refractivity contribution in [1.82, 2.24) is 15.1 Å². The number of hydrogen-bond donors (Lipinski definition) is 1. The molecule has 0 aromatic carbocycles. The van der Waals surface area contributed by atoms with Gasteiger partial charge in [-0.3, -0.25) is 4.98 Å². The Bertz CT molecular complexity index is 556. The average molecular weight is 274 g/mol. The van der Waals surface area contributed by atoms with E-state index in [1.165, 1.54) is 12.4 Å². The largest absolute Gasteiger partial charge is 0.411 e. The van der Waals surface area contributed by atoms with Gasteiger partial charge in [-0.25, -0.2) is 0 Å². The first-order valence-corrected chi connectivity index (χ1v) is 5.12. The van der Waals surface area contributed by atoms with E-state index >= 15 is 0 Å². The Morgan fingerprint density at radius 1 is 1.32 bits per heavy atom. The minimum absolute atomic E-state index is 0.0154. The third-order valence-electron chi connectivity index (χ3n) is 1.97. The average Bonchev–Trinajstić information content (AvgIpc) is 2.76. The van der Waals surface area contributed by atoms with Gasteiger partial charge in [0.25, 0.3) is 5.89 Å². The van der Waals surface area contributed by atoms with Crippen molar-refractivity contribution in [2.24, 2.45) is 0 Å². The fraction of sp³-hybridized carbons (Fsp3) is 0.300. The maximum Gasteiger partial charge on any atom is 0.411 e. The molecule has 0 saturated carbocycles. The molecule has 0 aliphatic heterocycles. The van der Waals surface area contributed by atoms with E-state index in [9.17, 15) is 13.2 Å². The van der Waals surface area contributed by atoms with Gasteiger partial charge in [0.05, 0.1) is 11.3 Å². The quantitative estimate of drug-likeness (QED) is 0.914. The highest BCUT2D eigenvalue weighted by Crippen LogP contribution is 2.19. The lowest BCUT2D eigenvalue weighted by molar-refractivity contribution is -0.177. The number of alkyl halides is 3. The van der Waals surface area contributed by atoms with Gasteiger partial charge in [-0.2, -0.15) is 18.2 Å². The van der Waals surface area contributed by atoms with Crippen molar-refractivity contribution in [2.75, 3.05) is 12.3 Å². The normalized spacial score (nSPS) is 11.7. The molecule has 0 spiro atoms. The van der Waals surface area contributed by atoms with Gasteiger partial charge in [0.1, 0.15) is 13.2 Å². The highest BCUT2D eigenvalue weighted by atomic mass is 19.4. The van der Waals surface area contributed by atoms with Crippen LogP contribution in [-0.2, 0) is 11.3 Å². The maximum atomic E-state index is 11.9. The molecular formula is C10H9F3N4O2. The highest BCUT2D eigenvalue weighted by Gasteiger charge is 2.27. The predicted molar refractivity (Wildman–Crippen MR) is 57.7 cm³/mol. The number of halogens is 3. The summed E-state index contributed by atoms with van der Waals surface area (Å²) in [6.07, 6.45) is -1.50. The molecule has 2 aromatic rings. The zero-order valence-electron chi connectivity index (χ0n) is 9.52. The topological polar surface area (TPSA) is 87.1 Å². The first-order chi connectivity index (χ1) is 8.94. The Morgan fingerprint density at radius 2 is 2.11 bits per heavy atom. The molecule has 2 rings (SSSR count). The number of rotatable bonds is 4. The summed E-state index contributed by atoms with van der Waals surface area (Å²) in [5, 5.41) is 3.49. The summed E-state index contributed by atoms with van der Waals surface area (Å²) in [4.78, 5) is 7.71. The molecule has 0 saturated heterocycles. The van der Waals surface area contributed by atoms with Crippen molar-refractivity contribution in [3.05, 3.63) is 24.3 Å². The van der Waals surface area contributed by atoms with Crippen molar-refractivity contribution in [3.8, 4) is 11.5 Å². The van der Waals surface area contributed by atoms with E-state index in [1.54, 1.807) is 6.07 Å². The van der Waals surface area contributed by atoms with Crippen molar-refractivity contribution in [3.63, 3.8) is 0 Å². The summed E-state index contributed by atoms with van der Waals surface area (Å²) in [6, 6.07) is 1.56. The minimum Gasteiger partial charge on any atom is -0.397 e. The predicted octanol–water partition coefficient (Wildman–Crippen LogP) is 1.79. The number of nitrogen functional groups attached to an aromatic ring is 1. The van der Waals surface area contributed by atoms with Gasteiger partial charge in [0.2, 0.25) is 0 Å². The van der Waals surface area contributed by atoms with E-state index < -0.39 is 19.4 Å². The molecule has 102 valence electrons. The third kappa shape index (κ3) is 3.91. The van der Waals surface area contributed by atoms with Gasteiger partial charge in [-0.05, 0) is 6.07 Å². The summed E-state index contributed by atoms with van der Waals surface area (Å²) in [5.41, 5.74) is 6.42. The second-order valence-corrected chi connectivity index (χ2v) is 3.63. The van der Waals surface area contributed by atoms with Gasteiger partial charge < -0.3 is 15.0 Å². The minimum atomic E-state index is -4.38. The molecule has 0 radical (unpaired) electrons. The van der Waals surface area contributed by atoms with Crippen LogP contribution in [0.15, 0.2) is 23.0 Å². The van der Waals surface area contributed by atoms with Crippen LogP contribution >= 0.6 is 0 Å². The number of aromatic nitrogens is 3. The molecular weight excluding hydrogens is 265 g/mol. The summed E-state index contributed by atoms with van der Waals surface area (Å²) < 4.78 is 44.9. The van der Waals surface area contributed by atoms with Gasteiger partial charge in [-0.1, -0.05) is 5.16 Å². The third-order valence-corrected chi connectivity index (χ3v) is 1.97. The van der Waals surface area contributed by atoms with Crippen molar-refractivity contribution in [1.29, 1.82) is 0 Å². The zero-order valence-corrected chi connectivity index (χ0v) is 9.52. The van der Waals surface area contributed by atoms with E-state index in [-0.39, 0.29) is 11.7 Å². The SMILES string of the molecule is Nc1cncc(-c2nc(COCC(F)(F)F)no2)c1. The number of ether oxygens (including phenoxy) is 1. The maximum absolute atomic E-state index is 11.9. The standard InChI is InChI=1S/C10H9F3N4O2/c11-10(12,13)5-18-4-8-16-9(19-17-8)6-1-7(14)3-15-2-6/h1-3H,4-5,14H2. The molecule has 2 N–H and O–H groups in total. The van der Waals surface area contributed by atoms with Crippen LogP contribution in [0.25, 0.3) is 11.5 Å². The molecule has 9 heteroatoms. The number of hydrogen-bond acceptors (Lipinski definition) is 6. The van der Waals surface area contributed by atoms with Gasteiger partial charge >= 0.3 is 6.18 Å². The van der Waals surface area contributed by atoms with E-state index in [2.05, 4.69) is 19.9 Å². The van der Waals surface area contributed by atoms with Gasteiger partial charge in [0, 0.05) is 12.4 Å². The summed E-state index contributed by atoms with van der Waals surface area (Å²) in [6.45, 7) is -1.75. The Kier molecular flexibility index (Phi) is 3.65. The number of nitrogens with zero attached hydrogens (tertiary/aromatic N) is 3. The number of pyridine rings is 1. The fourth-order valence-corrected chi connectivity index (χ4v) is 1.26. The summed E-state index contributed by atoms with van der Waals surface area (Å²) >= 11 is 0. The van der Waals surface area contributed by atoms with Crippen LogP contribution in [0.1, 0.15) is 5.82 Å². The molecule has 0 aliphatic carbocycles. The van der Waals surface area contributed by atoms with Crippen molar-refractivity contribution in [2.45, 2.75) is 12.8 Å². The van der Waals surface area contributed by atoms with Crippen LogP contribution in [-0.4, -0.2) is 27.9 Å². The van der Waals surface area contributed by atoms with Crippen LogP contribution in [0.3, 0.4) is 0 Å². The molecule has 2 heterocycles. The van der Waals surface area contributed by atoms with E-state index in [1.807, 2.05) is 0 Å².